The summed E-state index contributed by atoms with van der Waals surface area (Å²) in [6.07, 6.45) is 2.07. The Hall–Kier alpha value is -1.67. The Labute approximate surface area is 195 Å². The van der Waals surface area contributed by atoms with E-state index >= 15 is 0 Å². The molecule has 0 saturated carbocycles. The van der Waals surface area contributed by atoms with E-state index in [0.29, 0.717) is 5.92 Å². The fraction of sp³-hybridized carbons (Fsp3) is 0.409. The van der Waals surface area contributed by atoms with Gasteiger partial charge in [-0.05, 0) is 48.6 Å². The van der Waals surface area contributed by atoms with Gasteiger partial charge in [-0.15, -0.1) is 24.0 Å². The van der Waals surface area contributed by atoms with Crippen LogP contribution in [0.3, 0.4) is 0 Å². The number of aliphatic imine (C=N–C) groups is 1. The van der Waals surface area contributed by atoms with Gasteiger partial charge in [-0.1, -0.05) is 35.9 Å². The van der Waals surface area contributed by atoms with Gasteiger partial charge in [-0.3, -0.25) is 4.99 Å². The lowest BCUT2D eigenvalue weighted by molar-refractivity contribution is 0.414. The van der Waals surface area contributed by atoms with Crippen molar-refractivity contribution in [1.29, 1.82) is 0 Å². The van der Waals surface area contributed by atoms with Crippen molar-refractivity contribution in [2.45, 2.75) is 12.8 Å². The summed E-state index contributed by atoms with van der Waals surface area (Å²) < 4.78 is 5.50. The molecule has 2 N–H and O–H groups in total. The molecule has 5 nitrogen and oxygen atoms in total. The van der Waals surface area contributed by atoms with Crippen LogP contribution in [0.2, 0.25) is 5.02 Å². The first kappa shape index (κ1) is 23.6. The molecular weight excluding hydrogens is 499 g/mol. The van der Waals surface area contributed by atoms with Crippen molar-refractivity contribution in [3.8, 4) is 5.75 Å². The molecule has 29 heavy (non-hydrogen) atoms. The van der Waals surface area contributed by atoms with Crippen molar-refractivity contribution in [3.05, 3.63) is 59.1 Å². The number of benzene rings is 2. The topological polar surface area (TPSA) is 48.9 Å². The summed E-state index contributed by atoms with van der Waals surface area (Å²) in [5.41, 5.74) is 2.40. The van der Waals surface area contributed by atoms with Gasteiger partial charge in [0.1, 0.15) is 5.75 Å². The van der Waals surface area contributed by atoms with Crippen LogP contribution in [0.25, 0.3) is 0 Å². The summed E-state index contributed by atoms with van der Waals surface area (Å²) in [7, 11) is 3.54. The Bertz CT molecular complexity index is 802. The standard InChI is InChI=1S/C22H29ClN4O.HI/c1-24-22(25-12-10-17-6-5-7-19(23)14-17)26-15-18-11-13-27(16-18)20-8-3-4-9-21(20)28-2;/h3-9,14,18H,10-13,15-16H2,1-2H3,(H2,24,25,26);1H. The SMILES string of the molecule is CN=C(NCCc1cccc(Cl)c1)NCC1CCN(c2ccccc2OC)C1.I. The number of nitrogens with zero attached hydrogens (tertiary/aromatic N) is 2. The van der Waals surface area contributed by atoms with Gasteiger partial charge >= 0.3 is 0 Å². The van der Waals surface area contributed by atoms with Gasteiger partial charge in [0, 0.05) is 38.2 Å². The Morgan fingerprint density at radius 2 is 2.03 bits per heavy atom. The summed E-state index contributed by atoms with van der Waals surface area (Å²) in [5, 5.41) is 7.63. The lowest BCUT2D eigenvalue weighted by atomic mass is 10.1. The van der Waals surface area contributed by atoms with Crippen molar-refractivity contribution >= 4 is 47.2 Å². The van der Waals surface area contributed by atoms with Crippen LogP contribution in [0.4, 0.5) is 5.69 Å². The van der Waals surface area contributed by atoms with Gasteiger partial charge in [-0.2, -0.15) is 0 Å². The second kappa shape index (κ2) is 12.1. The summed E-state index contributed by atoms with van der Waals surface area (Å²) in [5.74, 6) is 2.36. The molecule has 0 spiro atoms. The number of nitrogens with one attached hydrogen (secondary N) is 2. The predicted molar refractivity (Wildman–Crippen MR) is 133 cm³/mol. The fourth-order valence-corrected chi connectivity index (χ4v) is 3.80. The number of para-hydroxylation sites is 2. The highest BCUT2D eigenvalue weighted by Gasteiger charge is 2.24. The van der Waals surface area contributed by atoms with Gasteiger partial charge in [0.25, 0.3) is 0 Å². The van der Waals surface area contributed by atoms with E-state index in [1.807, 2.05) is 37.4 Å². The van der Waals surface area contributed by atoms with E-state index in [9.17, 15) is 0 Å². The van der Waals surface area contributed by atoms with E-state index in [4.69, 9.17) is 16.3 Å². The second-order valence-corrected chi connectivity index (χ2v) is 7.47. The van der Waals surface area contributed by atoms with E-state index in [1.54, 1.807) is 7.11 Å². The van der Waals surface area contributed by atoms with E-state index in [1.165, 1.54) is 11.3 Å². The van der Waals surface area contributed by atoms with Gasteiger partial charge < -0.3 is 20.3 Å². The second-order valence-electron chi connectivity index (χ2n) is 7.03. The molecule has 1 heterocycles. The van der Waals surface area contributed by atoms with Crippen LogP contribution in [0.1, 0.15) is 12.0 Å². The van der Waals surface area contributed by atoms with Gasteiger partial charge in [-0.25, -0.2) is 0 Å². The maximum atomic E-state index is 6.04. The maximum absolute atomic E-state index is 6.04. The molecule has 7 heteroatoms. The van der Waals surface area contributed by atoms with Gasteiger partial charge in [0.2, 0.25) is 0 Å². The number of hydrogen-bond donors (Lipinski definition) is 2. The quantitative estimate of drug-likeness (QED) is 0.321. The lowest BCUT2D eigenvalue weighted by Crippen LogP contribution is -2.41. The molecule has 1 fully saturated rings. The molecule has 0 amide bonds. The Balaban J connectivity index is 0.00000300. The largest absolute Gasteiger partial charge is 0.495 e. The maximum Gasteiger partial charge on any atom is 0.190 e. The third-order valence-corrected chi connectivity index (χ3v) is 5.32. The minimum absolute atomic E-state index is 0. The van der Waals surface area contributed by atoms with E-state index in [-0.39, 0.29) is 24.0 Å². The number of guanidine groups is 1. The lowest BCUT2D eigenvalue weighted by Gasteiger charge is -2.21. The molecule has 1 atom stereocenters. The summed E-state index contributed by atoms with van der Waals surface area (Å²) in [6.45, 7) is 3.79. The van der Waals surface area contributed by atoms with Crippen molar-refractivity contribution in [3.63, 3.8) is 0 Å². The number of rotatable bonds is 7. The molecule has 0 bridgehead atoms. The molecule has 1 aliphatic rings. The molecule has 0 radical (unpaired) electrons. The zero-order valence-corrected chi connectivity index (χ0v) is 20.1. The molecule has 0 aromatic heterocycles. The average Bonchev–Trinajstić information content (AvgIpc) is 3.19. The fourth-order valence-electron chi connectivity index (χ4n) is 3.59. The molecule has 0 aliphatic carbocycles. The number of hydrogen-bond acceptors (Lipinski definition) is 3. The van der Waals surface area contributed by atoms with E-state index < -0.39 is 0 Å². The predicted octanol–water partition coefficient (Wildman–Crippen LogP) is 4.20. The Kier molecular flexibility index (Phi) is 9.87. The van der Waals surface area contributed by atoms with Gasteiger partial charge in [0.05, 0.1) is 12.8 Å². The molecule has 1 aliphatic heterocycles. The summed E-state index contributed by atoms with van der Waals surface area (Å²) >= 11 is 6.04. The molecule has 3 rings (SSSR count). The normalized spacial score (nSPS) is 16.3. The zero-order chi connectivity index (χ0) is 19.8. The molecule has 158 valence electrons. The summed E-state index contributed by atoms with van der Waals surface area (Å²) in [4.78, 5) is 6.74. The van der Waals surface area contributed by atoms with Crippen LogP contribution in [0.5, 0.6) is 5.75 Å². The number of ether oxygens (including phenoxy) is 1. The van der Waals surface area contributed by atoms with Crippen LogP contribution in [-0.2, 0) is 6.42 Å². The van der Waals surface area contributed by atoms with Crippen LogP contribution in [-0.4, -0.2) is 46.3 Å². The average molecular weight is 529 g/mol. The van der Waals surface area contributed by atoms with Crippen LogP contribution in [0, 0.1) is 5.92 Å². The van der Waals surface area contributed by atoms with Crippen molar-refractivity contribution in [2.24, 2.45) is 10.9 Å². The number of anilines is 1. The van der Waals surface area contributed by atoms with Crippen LogP contribution < -0.4 is 20.3 Å². The van der Waals surface area contributed by atoms with Gasteiger partial charge in [0.15, 0.2) is 5.96 Å². The molecular formula is C22H30ClIN4O. The third-order valence-electron chi connectivity index (χ3n) is 5.09. The smallest absolute Gasteiger partial charge is 0.190 e. The van der Waals surface area contributed by atoms with Crippen LogP contribution >= 0.6 is 35.6 Å². The number of halogens is 2. The molecule has 1 saturated heterocycles. The molecule has 1 unspecified atom stereocenters. The number of methoxy groups -OCH3 is 1. The van der Waals surface area contributed by atoms with E-state index in [0.717, 1.165) is 55.8 Å². The molecule has 2 aromatic carbocycles. The zero-order valence-electron chi connectivity index (χ0n) is 17.0. The highest BCUT2D eigenvalue weighted by molar-refractivity contribution is 14.0. The Morgan fingerprint density at radius 1 is 1.21 bits per heavy atom. The first-order valence-electron chi connectivity index (χ1n) is 9.76. The highest BCUT2D eigenvalue weighted by atomic mass is 127. The minimum Gasteiger partial charge on any atom is -0.495 e. The van der Waals surface area contributed by atoms with Crippen molar-refractivity contribution in [2.75, 3.05) is 45.2 Å². The Morgan fingerprint density at radius 3 is 2.79 bits per heavy atom. The first-order valence-corrected chi connectivity index (χ1v) is 10.1. The van der Waals surface area contributed by atoms with E-state index in [2.05, 4.69) is 38.7 Å². The first-order chi connectivity index (χ1) is 13.7. The van der Waals surface area contributed by atoms with Crippen molar-refractivity contribution < 1.29 is 4.74 Å². The molecule has 2 aromatic rings. The van der Waals surface area contributed by atoms with Crippen molar-refractivity contribution in [1.82, 2.24) is 10.6 Å². The highest BCUT2D eigenvalue weighted by Crippen LogP contribution is 2.31. The minimum atomic E-state index is 0. The van der Waals surface area contributed by atoms with Crippen LogP contribution in [0.15, 0.2) is 53.5 Å². The summed E-state index contributed by atoms with van der Waals surface area (Å²) in [6, 6.07) is 16.2. The third kappa shape index (κ3) is 6.96. The monoisotopic (exact) mass is 528 g/mol.